The molecule has 0 saturated carbocycles. The zero-order valence-corrected chi connectivity index (χ0v) is 13.4. The standard InChI is InChI=1S/C14H17IN4/c1-8(2)13-18-12(16)9(3)14(19-13)17-11-6-4-5-10(15)7-11/h4-8H,1-3H3,(H3,16,17,18,19). The molecule has 0 aliphatic heterocycles. The molecule has 19 heavy (non-hydrogen) atoms. The summed E-state index contributed by atoms with van der Waals surface area (Å²) in [6.45, 7) is 6.04. The molecular weight excluding hydrogens is 351 g/mol. The predicted molar refractivity (Wildman–Crippen MR) is 87.7 cm³/mol. The van der Waals surface area contributed by atoms with Gasteiger partial charge in [-0.15, -0.1) is 0 Å². The number of halogens is 1. The number of rotatable bonds is 3. The Morgan fingerprint density at radius 3 is 2.63 bits per heavy atom. The van der Waals surface area contributed by atoms with Crippen LogP contribution < -0.4 is 11.1 Å². The lowest BCUT2D eigenvalue weighted by Crippen LogP contribution is -2.08. The van der Waals surface area contributed by atoms with E-state index in [0.717, 1.165) is 22.9 Å². The average molecular weight is 368 g/mol. The first-order chi connectivity index (χ1) is 8.97. The minimum absolute atomic E-state index is 0.249. The SMILES string of the molecule is Cc1c(N)nc(C(C)C)nc1Nc1cccc(I)c1. The molecule has 0 aliphatic carbocycles. The topological polar surface area (TPSA) is 63.8 Å². The van der Waals surface area contributed by atoms with Crippen molar-refractivity contribution in [1.82, 2.24) is 9.97 Å². The van der Waals surface area contributed by atoms with Crippen LogP contribution in [0.1, 0.15) is 31.2 Å². The summed E-state index contributed by atoms with van der Waals surface area (Å²) in [5, 5.41) is 3.31. The van der Waals surface area contributed by atoms with Gasteiger partial charge >= 0.3 is 0 Å². The third-order valence-electron chi connectivity index (χ3n) is 2.80. The van der Waals surface area contributed by atoms with Crippen molar-refractivity contribution >= 4 is 39.9 Å². The molecule has 0 aliphatic rings. The quantitative estimate of drug-likeness (QED) is 0.809. The van der Waals surface area contributed by atoms with Crippen LogP contribution in [0.25, 0.3) is 0 Å². The van der Waals surface area contributed by atoms with Gasteiger partial charge in [0.2, 0.25) is 0 Å². The molecule has 1 heterocycles. The number of anilines is 3. The van der Waals surface area contributed by atoms with E-state index in [1.165, 1.54) is 3.57 Å². The summed E-state index contributed by atoms with van der Waals surface area (Å²) in [6, 6.07) is 8.13. The van der Waals surface area contributed by atoms with E-state index in [4.69, 9.17) is 5.73 Å². The highest BCUT2D eigenvalue weighted by Gasteiger charge is 2.11. The van der Waals surface area contributed by atoms with Crippen LogP contribution in [-0.4, -0.2) is 9.97 Å². The number of hydrogen-bond acceptors (Lipinski definition) is 4. The maximum atomic E-state index is 5.95. The van der Waals surface area contributed by atoms with Crippen molar-refractivity contribution in [3.63, 3.8) is 0 Å². The van der Waals surface area contributed by atoms with Crippen LogP contribution >= 0.6 is 22.6 Å². The van der Waals surface area contributed by atoms with E-state index in [9.17, 15) is 0 Å². The van der Waals surface area contributed by atoms with Crippen molar-refractivity contribution in [3.8, 4) is 0 Å². The first-order valence-corrected chi connectivity index (χ1v) is 7.22. The van der Waals surface area contributed by atoms with Crippen LogP contribution in [-0.2, 0) is 0 Å². The molecule has 1 aromatic heterocycles. The Kier molecular flexibility index (Phi) is 4.24. The zero-order chi connectivity index (χ0) is 14.0. The van der Waals surface area contributed by atoms with Gasteiger partial charge < -0.3 is 11.1 Å². The van der Waals surface area contributed by atoms with Crippen LogP contribution in [0, 0.1) is 10.5 Å². The fourth-order valence-corrected chi connectivity index (χ4v) is 2.18. The summed E-state index contributed by atoms with van der Waals surface area (Å²) < 4.78 is 1.17. The number of benzene rings is 1. The van der Waals surface area contributed by atoms with Crippen molar-refractivity contribution in [3.05, 3.63) is 39.2 Å². The molecule has 0 fully saturated rings. The highest BCUT2D eigenvalue weighted by atomic mass is 127. The highest BCUT2D eigenvalue weighted by molar-refractivity contribution is 14.1. The van der Waals surface area contributed by atoms with Crippen LogP contribution in [0.4, 0.5) is 17.3 Å². The molecule has 3 N–H and O–H groups in total. The smallest absolute Gasteiger partial charge is 0.139 e. The Labute approximate surface area is 127 Å². The molecule has 0 saturated heterocycles. The molecule has 2 rings (SSSR count). The van der Waals surface area contributed by atoms with Gasteiger partial charge in [-0.2, -0.15) is 0 Å². The molecule has 0 amide bonds. The molecule has 2 aromatic rings. The zero-order valence-electron chi connectivity index (χ0n) is 11.2. The van der Waals surface area contributed by atoms with E-state index in [1.54, 1.807) is 0 Å². The van der Waals surface area contributed by atoms with Crippen LogP contribution in [0.3, 0.4) is 0 Å². The van der Waals surface area contributed by atoms with Crippen LogP contribution in [0.5, 0.6) is 0 Å². The first-order valence-electron chi connectivity index (χ1n) is 6.14. The lowest BCUT2D eigenvalue weighted by molar-refractivity contribution is 0.776. The molecule has 1 aromatic carbocycles. The molecule has 0 unspecified atom stereocenters. The van der Waals surface area contributed by atoms with Crippen molar-refractivity contribution in [2.24, 2.45) is 0 Å². The minimum atomic E-state index is 0.249. The van der Waals surface area contributed by atoms with E-state index >= 15 is 0 Å². The molecule has 100 valence electrons. The van der Waals surface area contributed by atoms with Gasteiger partial charge in [-0.25, -0.2) is 9.97 Å². The third-order valence-corrected chi connectivity index (χ3v) is 3.48. The molecular formula is C14H17IN4. The molecule has 5 heteroatoms. The lowest BCUT2D eigenvalue weighted by Gasteiger charge is -2.13. The maximum Gasteiger partial charge on any atom is 0.139 e. The van der Waals surface area contributed by atoms with E-state index in [0.29, 0.717) is 5.82 Å². The summed E-state index contributed by atoms with van der Waals surface area (Å²) in [6.07, 6.45) is 0. The summed E-state index contributed by atoms with van der Waals surface area (Å²) in [7, 11) is 0. The maximum absolute atomic E-state index is 5.95. The second-order valence-corrected chi connectivity index (χ2v) is 5.98. The number of nitrogens with two attached hydrogens (primary N) is 1. The first kappa shape index (κ1) is 14.0. The number of hydrogen-bond donors (Lipinski definition) is 2. The fourth-order valence-electron chi connectivity index (χ4n) is 1.63. The second kappa shape index (κ2) is 5.73. The Bertz CT molecular complexity index is 596. The van der Waals surface area contributed by atoms with Gasteiger partial charge in [0.05, 0.1) is 0 Å². The largest absolute Gasteiger partial charge is 0.383 e. The van der Waals surface area contributed by atoms with E-state index in [2.05, 4.69) is 57.8 Å². The predicted octanol–water partition coefficient (Wildman–Crippen LogP) is 3.84. The Balaban J connectivity index is 2.39. The molecule has 0 radical (unpaired) electrons. The van der Waals surface area contributed by atoms with Crippen molar-refractivity contribution < 1.29 is 0 Å². The molecule has 0 spiro atoms. The van der Waals surface area contributed by atoms with E-state index < -0.39 is 0 Å². The monoisotopic (exact) mass is 368 g/mol. The molecule has 4 nitrogen and oxygen atoms in total. The normalized spacial score (nSPS) is 10.8. The van der Waals surface area contributed by atoms with Crippen molar-refractivity contribution in [2.75, 3.05) is 11.1 Å². The highest BCUT2D eigenvalue weighted by Crippen LogP contribution is 2.24. The van der Waals surface area contributed by atoms with Crippen molar-refractivity contribution in [1.29, 1.82) is 0 Å². The number of nitrogens with zero attached hydrogens (tertiary/aromatic N) is 2. The number of nitrogens with one attached hydrogen (secondary N) is 1. The molecule has 0 atom stereocenters. The van der Waals surface area contributed by atoms with Crippen molar-refractivity contribution in [2.45, 2.75) is 26.7 Å². The fraction of sp³-hybridized carbons (Fsp3) is 0.286. The lowest BCUT2D eigenvalue weighted by atomic mass is 10.2. The summed E-state index contributed by atoms with van der Waals surface area (Å²) >= 11 is 2.28. The number of aromatic nitrogens is 2. The summed E-state index contributed by atoms with van der Waals surface area (Å²) in [5.74, 6) is 2.32. The Hall–Kier alpha value is -1.37. The van der Waals surface area contributed by atoms with Gasteiger partial charge in [-0.05, 0) is 47.7 Å². The van der Waals surface area contributed by atoms with Gasteiger partial charge in [-0.1, -0.05) is 19.9 Å². The third kappa shape index (κ3) is 3.34. The van der Waals surface area contributed by atoms with Gasteiger partial charge in [0.15, 0.2) is 0 Å². The van der Waals surface area contributed by atoms with Gasteiger partial charge in [0.1, 0.15) is 17.5 Å². The molecule has 0 bridgehead atoms. The summed E-state index contributed by atoms with van der Waals surface area (Å²) in [5.41, 5.74) is 7.83. The number of nitrogen functional groups attached to an aromatic ring is 1. The van der Waals surface area contributed by atoms with Gasteiger partial charge in [0.25, 0.3) is 0 Å². The van der Waals surface area contributed by atoms with Crippen LogP contribution in [0.15, 0.2) is 24.3 Å². The summed E-state index contributed by atoms with van der Waals surface area (Å²) in [4.78, 5) is 8.87. The Morgan fingerprint density at radius 2 is 2.00 bits per heavy atom. The second-order valence-electron chi connectivity index (χ2n) is 4.73. The van der Waals surface area contributed by atoms with E-state index in [1.807, 2.05) is 25.1 Å². The Morgan fingerprint density at radius 1 is 1.26 bits per heavy atom. The van der Waals surface area contributed by atoms with Gasteiger partial charge in [0, 0.05) is 20.7 Å². The van der Waals surface area contributed by atoms with Crippen LogP contribution in [0.2, 0.25) is 0 Å². The van der Waals surface area contributed by atoms with Gasteiger partial charge in [-0.3, -0.25) is 0 Å². The van der Waals surface area contributed by atoms with E-state index in [-0.39, 0.29) is 5.92 Å². The minimum Gasteiger partial charge on any atom is -0.383 e. The average Bonchev–Trinajstić information content (AvgIpc) is 2.34.